The number of guanidine groups is 1. The van der Waals surface area contributed by atoms with Crippen LogP contribution in [0.25, 0.3) is 0 Å². The molecule has 0 saturated carbocycles. The SMILES string of the molecule is CCNC(=NCc1ncccc1C)Nc1ccc(OC)c(OC)c1. The summed E-state index contributed by atoms with van der Waals surface area (Å²) in [6.07, 6.45) is 1.78. The zero-order chi connectivity index (χ0) is 17.4. The Bertz CT molecular complexity index is 701. The Hall–Kier alpha value is -2.76. The zero-order valence-electron chi connectivity index (χ0n) is 14.6. The maximum Gasteiger partial charge on any atom is 0.196 e. The molecule has 128 valence electrons. The molecule has 0 aliphatic carbocycles. The number of aliphatic imine (C=N–C) groups is 1. The fourth-order valence-electron chi connectivity index (χ4n) is 2.20. The highest BCUT2D eigenvalue weighted by atomic mass is 16.5. The normalized spacial score (nSPS) is 11.1. The average Bonchev–Trinajstić information content (AvgIpc) is 2.61. The quantitative estimate of drug-likeness (QED) is 0.630. The first-order chi connectivity index (χ1) is 11.7. The third-order valence-electron chi connectivity index (χ3n) is 3.50. The summed E-state index contributed by atoms with van der Waals surface area (Å²) in [4.78, 5) is 8.97. The van der Waals surface area contributed by atoms with Crippen LogP contribution in [0.2, 0.25) is 0 Å². The summed E-state index contributed by atoms with van der Waals surface area (Å²) in [5.74, 6) is 2.04. The molecule has 0 aliphatic rings. The highest BCUT2D eigenvalue weighted by Crippen LogP contribution is 2.29. The van der Waals surface area contributed by atoms with Gasteiger partial charge in [0, 0.05) is 24.5 Å². The van der Waals surface area contributed by atoms with Gasteiger partial charge in [0.1, 0.15) is 0 Å². The molecule has 0 aliphatic heterocycles. The van der Waals surface area contributed by atoms with Crippen molar-refractivity contribution in [3.05, 3.63) is 47.8 Å². The van der Waals surface area contributed by atoms with E-state index in [1.807, 2.05) is 44.2 Å². The number of nitrogens with zero attached hydrogens (tertiary/aromatic N) is 2. The molecule has 2 N–H and O–H groups in total. The zero-order valence-corrected chi connectivity index (χ0v) is 14.6. The molecule has 1 aromatic carbocycles. The largest absolute Gasteiger partial charge is 0.493 e. The van der Waals surface area contributed by atoms with E-state index in [-0.39, 0.29) is 0 Å². The Labute approximate surface area is 142 Å². The van der Waals surface area contributed by atoms with Crippen LogP contribution >= 0.6 is 0 Å². The Balaban J connectivity index is 2.16. The minimum Gasteiger partial charge on any atom is -0.493 e. The second kappa shape index (κ2) is 8.76. The molecular weight excluding hydrogens is 304 g/mol. The van der Waals surface area contributed by atoms with Crippen LogP contribution in [-0.4, -0.2) is 31.7 Å². The number of benzene rings is 1. The van der Waals surface area contributed by atoms with E-state index in [2.05, 4.69) is 20.6 Å². The van der Waals surface area contributed by atoms with Gasteiger partial charge in [-0.05, 0) is 37.6 Å². The summed E-state index contributed by atoms with van der Waals surface area (Å²) in [5, 5.41) is 6.50. The van der Waals surface area contributed by atoms with Crippen LogP contribution < -0.4 is 20.1 Å². The van der Waals surface area contributed by atoms with Gasteiger partial charge in [-0.25, -0.2) is 4.99 Å². The van der Waals surface area contributed by atoms with Gasteiger partial charge in [-0.3, -0.25) is 4.98 Å². The summed E-state index contributed by atoms with van der Waals surface area (Å²) < 4.78 is 10.6. The van der Waals surface area contributed by atoms with Crippen molar-refractivity contribution in [2.24, 2.45) is 4.99 Å². The third kappa shape index (κ3) is 4.62. The van der Waals surface area contributed by atoms with Crippen LogP contribution in [-0.2, 0) is 6.54 Å². The van der Waals surface area contributed by atoms with Crippen molar-refractivity contribution in [3.63, 3.8) is 0 Å². The molecule has 1 heterocycles. The number of nitrogens with one attached hydrogen (secondary N) is 2. The van der Waals surface area contributed by atoms with Crippen LogP contribution in [0.5, 0.6) is 11.5 Å². The lowest BCUT2D eigenvalue weighted by molar-refractivity contribution is 0.355. The van der Waals surface area contributed by atoms with Gasteiger partial charge in [0.15, 0.2) is 17.5 Å². The molecule has 6 nitrogen and oxygen atoms in total. The van der Waals surface area contributed by atoms with E-state index in [9.17, 15) is 0 Å². The van der Waals surface area contributed by atoms with Gasteiger partial charge in [-0.1, -0.05) is 6.07 Å². The van der Waals surface area contributed by atoms with Gasteiger partial charge >= 0.3 is 0 Å². The number of hydrogen-bond donors (Lipinski definition) is 2. The van der Waals surface area contributed by atoms with E-state index in [1.165, 1.54) is 0 Å². The van der Waals surface area contributed by atoms with Crippen LogP contribution in [0.3, 0.4) is 0 Å². The van der Waals surface area contributed by atoms with Crippen molar-refractivity contribution < 1.29 is 9.47 Å². The lowest BCUT2D eigenvalue weighted by atomic mass is 10.2. The summed E-state index contributed by atoms with van der Waals surface area (Å²) in [6, 6.07) is 9.60. The van der Waals surface area contributed by atoms with Gasteiger partial charge in [0.25, 0.3) is 0 Å². The van der Waals surface area contributed by atoms with E-state index < -0.39 is 0 Å². The van der Waals surface area contributed by atoms with E-state index >= 15 is 0 Å². The second-order valence-corrected chi connectivity index (χ2v) is 5.16. The molecule has 0 amide bonds. The maximum atomic E-state index is 5.33. The number of aromatic nitrogens is 1. The number of rotatable bonds is 6. The third-order valence-corrected chi connectivity index (χ3v) is 3.50. The van der Waals surface area contributed by atoms with E-state index in [4.69, 9.17) is 9.47 Å². The van der Waals surface area contributed by atoms with Crippen molar-refractivity contribution >= 4 is 11.6 Å². The minimum absolute atomic E-state index is 0.509. The molecule has 1 aromatic heterocycles. The molecule has 0 unspecified atom stereocenters. The summed E-state index contributed by atoms with van der Waals surface area (Å²) in [7, 11) is 3.23. The Kier molecular flexibility index (Phi) is 6.42. The average molecular weight is 328 g/mol. The lowest BCUT2D eigenvalue weighted by Gasteiger charge is -2.14. The van der Waals surface area contributed by atoms with Gasteiger partial charge in [-0.15, -0.1) is 0 Å². The van der Waals surface area contributed by atoms with Crippen LogP contribution in [0.15, 0.2) is 41.5 Å². The number of aryl methyl sites for hydroxylation is 1. The number of anilines is 1. The first-order valence-electron chi connectivity index (χ1n) is 7.85. The van der Waals surface area contributed by atoms with E-state index in [1.54, 1.807) is 20.4 Å². The molecule has 0 atom stereocenters. The summed E-state index contributed by atoms with van der Waals surface area (Å²) in [5.41, 5.74) is 2.95. The number of ether oxygens (including phenoxy) is 2. The molecular formula is C18H24N4O2. The summed E-state index contributed by atoms with van der Waals surface area (Å²) in [6.45, 7) is 5.33. The minimum atomic E-state index is 0.509. The fourth-order valence-corrected chi connectivity index (χ4v) is 2.20. The summed E-state index contributed by atoms with van der Waals surface area (Å²) >= 11 is 0. The number of hydrogen-bond acceptors (Lipinski definition) is 4. The molecule has 0 fully saturated rings. The highest BCUT2D eigenvalue weighted by molar-refractivity contribution is 5.93. The van der Waals surface area contributed by atoms with E-state index in [0.717, 1.165) is 23.5 Å². The fraction of sp³-hybridized carbons (Fsp3) is 0.333. The van der Waals surface area contributed by atoms with Crippen LogP contribution in [0.4, 0.5) is 5.69 Å². The smallest absolute Gasteiger partial charge is 0.196 e. The van der Waals surface area contributed by atoms with Gasteiger partial charge in [0.2, 0.25) is 0 Å². The Morgan fingerprint density at radius 2 is 1.96 bits per heavy atom. The predicted molar refractivity (Wildman–Crippen MR) is 97.0 cm³/mol. The predicted octanol–water partition coefficient (Wildman–Crippen LogP) is 2.98. The standard InChI is InChI=1S/C18H24N4O2/c1-5-19-18(21-12-15-13(2)7-6-10-20-15)22-14-8-9-16(23-3)17(11-14)24-4/h6-11H,5,12H2,1-4H3,(H2,19,21,22). The molecule has 2 rings (SSSR count). The van der Waals surface area contributed by atoms with Crippen molar-refractivity contribution in [2.75, 3.05) is 26.1 Å². The molecule has 0 saturated heterocycles. The molecule has 0 spiro atoms. The second-order valence-electron chi connectivity index (χ2n) is 5.16. The van der Waals surface area contributed by atoms with Crippen molar-refractivity contribution in [2.45, 2.75) is 20.4 Å². The molecule has 0 bridgehead atoms. The molecule has 2 aromatic rings. The van der Waals surface area contributed by atoms with Crippen molar-refractivity contribution in [1.82, 2.24) is 10.3 Å². The Morgan fingerprint density at radius 1 is 1.17 bits per heavy atom. The maximum absolute atomic E-state index is 5.33. The first-order valence-corrected chi connectivity index (χ1v) is 7.85. The first kappa shape index (κ1) is 17.6. The van der Waals surface area contributed by atoms with Crippen LogP contribution in [0, 0.1) is 6.92 Å². The van der Waals surface area contributed by atoms with Gasteiger partial charge < -0.3 is 20.1 Å². The van der Waals surface area contributed by atoms with E-state index in [0.29, 0.717) is 24.0 Å². The number of pyridine rings is 1. The van der Waals surface area contributed by atoms with Crippen molar-refractivity contribution in [1.29, 1.82) is 0 Å². The highest BCUT2D eigenvalue weighted by Gasteiger charge is 2.06. The van der Waals surface area contributed by atoms with Crippen LogP contribution in [0.1, 0.15) is 18.2 Å². The Morgan fingerprint density at radius 3 is 2.62 bits per heavy atom. The van der Waals surface area contributed by atoms with Gasteiger partial charge in [-0.2, -0.15) is 0 Å². The molecule has 24 heavy (non-hydrogen) atoms. The number of methoxy groups -OCH3 is 2. The lowest BCUT2D eigenvalue weighted by Crippen LogP contribution is -2.30. The molecule has 0 radical (unpaired) electrons. The molecule has 6 heteroatoms. The topological polar surface area (TPSA) is 67.8 Å². The van der Waals surface area contributed by atoms with Gasteiger partial charge in [0.05, 0.1) is 26.5 Å². The van der Waals surface area contributed by atoms with Crippen molar-refractivity contribution in [3.8, 4) is 11.5 Å². The monoisotopic (exact) mass is 328 g/mol.